The van der Waals surface area contributed by atoms with E-state index in [4.69, 9.17) is 0 Å². The van der Waals surface area contributed by atoms with Crippen molar-refractivity contribution in [3.8, 4) is 0 Å². The van der Waals surface area contributed by atoms with Crippen LogP contribution in [-0.2, 0) is 17.9 Å². The number of hydrogen-bond donors (Lipinski definition) is 0. The van der Waals surface area contributed by atoms with E-state index in [2.05, 4.69) is 128 Å². The predicted octanol–water partition coefficient (Wildman–Crippen LogP) is 11.6. The van der Waals surface area contributed by atoms with E-state index in [-0.39, 0.29) is 0 Å². The second-order valence-corrected chi connectivity index (χ2v) is 53.2. The van der Waals surface area contributed by atoms with E-state index in [1.54, 1.807) is 44.5 Å². The van der Waals surface area contributed by atoms with Gasteiger partial charge in [-0.25, -0.2) is 0 Å². The van der Waals surface area contributed by atoms with Crippen LogP contribution in [-0.4, -0.2) is 5.92 Å². The first-order valence-corrected chi connectivity index (χ1v) is 30.3. The fourth-order valence-electron chi connectivity index (χ4n) is 8.24. The Kier molecular flexibility index (Phi) is 8.00. The molecule has 0 nitrogen and oxygen atoms in total. The van der Waals surface area contributed by atoms with Gasteiger partial charge in [0, 0.05) is 0 Å². The molecule has 0 bridgehead atoms. The minimum atomic E-state index is -3.58. The Morgan fingerprint density at radius 3 is 1.18 bits per heavy atom. The van der Waals surface area contributed by atoms with E-state index in [1.807, 2.05) is 0 Å². The molecule has 0 spiro atoms. The number of benzene rings is 2. The standard InChI is InChI=1S/2C16H21.C2H7Si.2CH3.Zr/c2*1-10(2)13-8-14-6-12(5)7-16(14)15(9-13)11(3)4;1-3-2;;;/h2*6-11H,1-5H3;3H,1-2H3;2*1H3;. The van der Waals surface area contributed by atoms with Crippen LogP contribution >= 0.6 is 0 Å². The van der Waals surface area contributed by atoms with Gasteiger partial charge >= 0.3 is 238 Å². The van der Waals surface area contributed by atoms with Gasteiger partial charge in [-0.05, 0) is 0 Å². The zero-order valence-corrected chi connectivity index (χ0v) is 30.6. The predicted molar refractivity (Wildman–Crippen MR) is 173 cm³/mol. The summed E-state index contributed by atoms with van der Waals surface area (Å²) in [6.07, 6.45) is 5.24. The fraction of sp³-hybridized carbons (Fsp3) is 0.556. The summed E-state index contributed by atoms with van der Waals surface area (Å²) in [5.74, 6) is 1.16. The molecule has 0 N–H and O–H groups in total. The molecule has 0 fully saturated rings. The molecular weight excluding hydrogens is 552 g/mol. The van der Waals surface area contributed by atoms with Crippen LogP contribution in [0.15, 0.2) is 35.4 Å². The molecule has 2 aromatic carbocycles. The molecule has 2 aliphatic carbocycles. The minimum absolute atomic E-state index is 0.548. The summed E-state index contributed by atoms with van der Waals surface area (Å²) in [6.45, 7) is 29.4. The van der Waals surface area contributed by atoms with Gasteiger partial charge in [-0.3, -0.25) is 0 Å². The maximum absolute atomic E-state index is 3.58. The van der Waals surface area contributed by atoms with Gasteiger partial charge < -0.3 is 0 Å². The molecule has 0 aliphatic heterocycles. The van der Waals surface area contributed by atoms with Gasteiger partial charge in [0.05, 0.1) is 0 Å². The molecule has 0 heterocycles. The van der Waals surface area contributed by atoms with Crippen LogP contribution in [0.3, 0.4) is 0 Å². The summed E-state index contributed by atoms with van der Waals surface area (Å²) >= 11 is -3.58. The number of allylic oxidation sites excluding steroid dienone is 2. The molecule has 0 saturated heterocycles. The fourth-order valence-corrected chi connectivity index (χ4v) is 38.9. The van der Waals surface area contributed by atoms with E-state index in [0.29, 0.717) is 30.9 Å². The Hall–Kier alpha value is -0.980. The van der Waals surface area contributed by atoms with Crippen molar-refractivity contribution < 1.29 is 17.9 Å². The Labute approximate surface area is 237 Å². The van der Waals surface area contributed by atoms with E-state index in [1.165, 1.54) is 11.1 Å². The Bertz CT molecular complexity index is 1220. The molecule has 2 atom stereocenters. The molecule has 0 saturated carbocycles. The third-order valence-electron chi connectivity index (χ3n) is 11.0. The van der Waals surface area contributed by atoms with Crippen molar-refractivity contribution >= 4 is 18.1 Å². The zero-order chi connectivity index (χ0) is 28.5. The first-order valence-electron chi connectivity index (χ1n) is 15.4. The van der Waals surface area contributed by atoms with E-state index >= 15 is 0 Å². The molecule has 4 rings (SSSR count). The third kappa shape index (κ3) is 4.49. The molecule has 207 valence electrons. The van der Waals surface area contributed by atoms with Gasteiger partial charge in [-0.1, -0.05) is 0 Å². The average molecular weight is 607 g/mol. The topological polar surface area (TPSA) is 0 Å². The molecule has 2 aliphatic rings. The molecule has 2 unspecified atom stereocenters. The van der Waals surface area contributed by atoms with Crippen LogP contribution in [0.5, 0.6) is 0 Å². The number of fused-ring (bicyclic) bond motifs is 2. The monoisotopic (exact) mass is 605 g/mol. The Balaban J connectivity index is 2.06. The third-order valence-corrected chi connectivity index (χ3v) is 58.2. The Morgan fingerprint density at radius 2 is 0.921 bits per heavy atom. The van der Waals surface area contributed by atoms with Gasteiger partial charge in [0.15, 0.2) is 0 Å². The molecule has 0 radical (unpaired) electrons. The molecule has 2 heteroatoms. The van der Waals surface area contributed by atoms with Gasteiger partial charge in [-0.15, -0.1) is 0 Å². The van der Waals surface area contributed by atoms with Gasteiger partial charge in [0.25, 0.3) is 0 Å². The first kappa shape index (κ1) is 30.0. The summed E-state index contributed by atoms with van der Waals surface area (Å²) in [7, 11) is 0. The molecule has 0 aromatic heterocycles. The maximum atomic E-state index is 2.90. The van der Waals surface area contributed by atoms with Crippen molar-refractivity contribution in [2.45, 2.75) is 123 Å². The van der Waals surface area contributed by atoms with Gasteiger partial charge in [0.1, 0.15) is 0 Å². The van der Waals surface area contributed by atoms with Gasteiger partial charge in [-0.2, -0.15) is 0 Å². The summed E-state index contributed by atoms with van der Waals surface area (Å²) in [6, 6.07) is 10.4. The van der Waals surface area contributed by atoms with Crippen molar-refractivity contribution in [3.05, 3.63) is 79.9 Å². The van der Waals surface area contributed by atoms with E-state index in [9.17, 15) is 0 Å². The van der Waals surface area contributed by atoms with Crippen LogP contribution in [0.25, 0.3) is 12.2 Å². The Morgan fingerprint density at radius 1 is 0.579 bits per heavy atom. The number of rotatable bonds is 7. The SMILES string of the molecule is CC1=Cc2c(C(C)C)cc(C(C)C)cc2[CH]1[Zr]([CH3])([CH3])([CH]1C(C)=Cc2c(C(C)C)cc(C(C)C)cc21)[SiH](C)C. The van der Waals surface area contributed by atoms with Crippen molar-refractivity contribution in [2.24, 2.45) is 0 Å². The van der Waals surface area contributed by atoms with Crippen LogP contribution in [0.1, 0.15) is 145 Å². The van der Waals surface area contributed by atoms with Crippen molar-refractivity contribution in [3.63, 3.8) is 0 Å². The summed E-state index contributed by atoms with van der Waals surface area (Å²) < 4.78 is 7.08. The van der Waals surface area contributed by atoms with Crippen molar-refractivity contribution in [2.75, 3.05) is 0 Å². The molecular formula is C36H55SiZr. The molecule has 2 aromatic rings. The number of hydrogen-bond acceptors (Lipinski definition) is 0. The average Bonchev–Trinajstić information content (AvgIpc) is 3.33. The summed E-state index contributed by atoms with van der Waals surface area (Å²) in [5, 5.41) is 0. The van der Waals surface area contributed by atoms with E-state index < -0.39 is 23.9 Å². The summed E-state index contributed by atoms with van der Waals surface area (Å²) in [5.41, 5.74) is 16.1. The van der Waals surface area contributed by atoms with Crippen LogP contribution < -0.4 is 0 Å². The van der Waals surface area contributed by atoms with Crippen molar-refractivity contribution in [1.82, 2.24) is 0 Å². The van der Waals surface area contributed by atoms with Crippen LogP contribution in [0.4, 0.5) is 0 Å². The summed E-state index contributed by atoms with van der Waals surface area (Å²) in [4.78, 5) is 0. The quantitative estimate of drug-likeness (QED) is 0.275. The van der Waals surface area contributed by atoms with Crippen molar-refractivity contribution in [1.29, 1.82) is 0 Å². The normalized spacial score (nSPS) is 20.3. The zero-order valence-electron chi connectivity index (χ0n) is 27.0. The molecule has 0 amide bonds. The second kappa shape index (κ2) is 10.1. The van der Waals surface area contributed by atoms with Crippen LogP contribution in [0, 0.1) is 0 Å². The molecule has 38 heavy (non-hydrogen) atoms. The van der Waals surface area contributed by atoms with Crippen LogP contribution in [0.2, 0.25) is 22.4 Å². The van der Waals surface area contributed by atoms with E-state index in [0.717, 1.165) is 0 Å². The van der Waals surface area contributed by atoms with Gasteiger partial charge in [0.2, 0.25) is 0 Å². The first-order chi connectivity index (χ1) is 17.5. The second-order valence-electron chi connectivity index (χ2n) is 15.4.